The molecule has 43 heavy (non-hydrogen) atoms. The number of carbonyl (C=O) groups excluding carboxylic acids is 2. The van der Waals surface area contributed by atoms with Gasteiger partial charge in [-0.05, 0) is 55.7 Å². The summed E-state index contributed by atoms with van der Waals surface area (Å²) in [4.78, 5) is 29.6. The number of fused-ring (bicyclic) bond motifs is 1. The molecule has 11 heteroatoms. The van der Waals surface area contributed by atoms with Gasteiger partial charge in [0.2, 0.25) is 21.8 Å². The molecule has 0 aromatic heterocycles. The van der Waals surface area contributed by atoms with Crippen LogP contribution in [-0.2, 0) is 32.6 Å². The third-order valence-corrected chi connectivity index (χ3v) is 9.28. The number of nitrogens with one attached hydrogen (secondary N) is 1. The van der Waals surface area contributed by atoms with Gasteiger partial charge in [-0.1, -0.05) is 61.0 Å². The van der Waals surface area contributed by atoms with Crippen LogP contribution >= 0.6 is 11.6 Å². The SMILES string of the molecule is CC[C@@H](C)NC(=O)[C@@H](Cc1ccccc1)N(Cc1cccc(Cl)c1)C(=O)CN(c1ccc2c(c1)OCCO2)S(=O)(=O)CC. The Morgan fingerprint density at radius 2 is 1.63 bits per heavy atom. The standard InChI is InChI=1S/C32H38ClN3O6S/c1-4-23(3)34-32(38)28(19-24-10-7-6-8-11-24)35(21-25-12-9-13-26(33)18-25)31(37)22-36(43(39,40)5-2)27-14-15-29-30(20-27)42-17-16-41-29/h6-15,18,20,23,28H,4-5,16-17,19,21-22H2,1-3H3,(H,34,38)/t23-,28-/m1/s1. The van der Waals surface area contributed by atoms with Crippen LogP contribution < -0.4 is 19.1 Å². The first-order valence-electron chi connectivity index (χ1n) is 14.4. The molecule has 1 aliphatic rings. The minimum Gasteiger partial charge on any atom is -0.486 e. The Balaban J connectivity index is 1.75. The van der Waals surface area contributed by atoms with Gasteiger partial charge in [0.25, 0.3) is 0 Å². The van der Waals surface area contributed by atoms with Crippen molar-refractivity contribution in [3.8, 4) is 11.5 Å². The second-order valence-electron chi connectivity index (χ2n) is 10.4. The van der Waals surface area contributed by atoms with Gasteiger partial charge >= 0.3 is 0 Å². The van der Waals surface area contributed by atoms with Crippen LogP contribution in [0.25, 0.3) is 0 Å². The van der Waals surface area contributed by atoms with Gasteiger partial charge in [0.1, 0.15) is 25.8 Å². The van der Waals surface area contributed by atoms with E-state index in [2.05, 4.69) is 5.32 Å². The van der Waals surface area contributed by atoms with E-state index in [1.807, 2.05) is 50.2 Å². The number of halogens is 1. The molecule has 0 radical (unpaired) electrons. The van der Waals surface area contributed by atoms with Crippen LogP contribution in [-0.4, -0.2) is 62.7 Å². The highest BCUT2D eigenvalue weighted by molar-refractivity contribution is 7.92. The lowest BCUT2D eigenvalue weighted by molar-refractivity contribution is -0.140. The molecule has 0 spiro atoms. The maximum Gasteiger partial charge on any atom is 0.244 e. The molecule has 4 rings (SSSR count). The fourth-order valence-corrected chi connectivity index (χ4v) is 6.00. The average molecular weight is 628 g/mol. The van der Waals surface area contributed by atoms with E-state index < -0.39 is 28.5 Å². The number of carbonyl (C=O) groups is 2. The van der Waals surface area contributed by atoms with Crippen molar-refractivity contribution in [2.24, 2.45) is 0 Å². The van der Waals surface area contributed by atoms with Crippen LogP contribution in [0.3, 0.4) is 0 Å². The summed E-state index contributed by atoms with van der Waals surface area (Å²) >= 11 is 6.28. The average Bonchev–Trinajstić information content (AvgIpc) is 3.01. The molecule has 9 nitrogen and oxygen atoms in total. The van der Waals surface area contributed by atoms with Gasteiger partial charge in [0, 0.05) is 30.1 Å². The van der Waals surface area contributed by atoms with Crippen LogP contribution in [0, 0.1) is 0 Å². The number of rotatable bonds is 13. The number of hydrogen-bond acceptors (Lipinski definition) is 6. The molecule has 230 valence electrons. The van der Waals surface area contributed by atoms with E-state index in [1.54, 1.807) is 36.4 Å². The number of hydrogen-bond donors (Lipinski definition) is 1. The monoisotopic (exact) mass is 627 g/mol. The number of amides is 2. The van der Waals surface area contributed by atoms with Crippen molar-refractivity contribution in [2.75, 3.05) is 29.8 Å². The second-order valence-corrected chi connectivity index (χ2v) is 13.0. The summed E-state index contributed by atoms with van der Waals surface area (Å²) in [6.45, 7) is 5.64. The molecule has 0 aliphatic carbocycles. The quantitative estimate of drug-likeness (QED) is 0.291. The van der Waals surface area contributed by atoms with Gasteiger partial charge in [-0.15, -0.1) is 0 Å². The van der Waals surface area contributed by atoms with E-state index >= 15 is 0 Å². The normalized spacial score (nSPS) is 14.0. The molecule has 0 saturated carbocycles. The Morgan fingerprint density at radius 3 is 2.30 bits per heavy atom. The summed E-state index contributed by atoms with van der Waals surface area (Å²) < 4.78 is 39.1. The predicted octanol–water partition coefficient (Wildman–Crippen LogP) is 4.82. The highest BCUT2D eigenvalue weighted by atomic mass is 35.5. The van der Waals surface area contributed by atoms with Gasteiger partial charge in [0.15, 0.2) is 11.5 Å². The molecule has 1 heterocycles. The van der Waals surface area contributed by atoms with Crippen molar-refractivity contribution < 1.29 is 27.5 Å². The number of anilines is 1. The number of sulfonamides is 1. The highest BCUT2D eigenvalue weighted by Gasteiger charge is 2.34. The molecule has 3 aromatic carbocycles. The van der Waals surface area contributed by atoms with E-state index in [0.29, 0.717) is 41.7 Å². The fourth-order valence-electron chi connectivity index (χ4n) is 4.73. The summed E-state index contributed by atoms with van der Waals surface area (Å²) in [5, 5.41) is 3.51. The Kier molecular flexibility index (Phi) is 10.9. The lowest BCUT2D eigenvalue weighted by atomic mass is 10.0. The number of benzene rings is 3. The third-order valence-electron chi connectivity index (χ3n) is 7.31. The Labute approximate surface area is 258 Å². The minimum absolute atomic E-state index is 0.0476. The van der Waals surface area contributed by atoms with Gasteiger partial charge in [-0.3, -0.25) is 13.9 Å². The van der Waals surface area contributed by atoms with Crippen molar-refractivity contribution in [3.63, 3.8) is 0 Å². The number of ether oxygens (including phenoxy) is 2. The van der Waals surface area contributed by atoms with E-state index in [9.17, 15) is 18.0 Å². The zero-order chi connectivity index (χ0) is 31.0. The predicted molar refractivity (Wildman–Crippen MR) is 168 cm³/mol. The van der Waals surface area contributed by atoms with Gasteiger partial charge in [-0.2, -0.15) is 0 Å². The maximum atomic E-state index is 14.3. The zero-order valence-electron chi connectivity index (χ0n) is 24.7. The van der Waals surface area contributed by atoms with Crippen molar-refractivity contribution in [1.82, 2.24) is 10.2 Å². The molecule has 1 N–H and O–H groups in total. The van der Waals surface area contributed by atoms with E-state index in [0.717, 1.165) is 9.87 Å². The zero-order valence-corrected chi connectivity index (χ0v) is 26.2. The molecule has 0 fully saturated rings. The summed E-state index contributed by atoms with van der Waals surface area (Å²) in [7, 11) is -3.91. The Bertz CT molecular complexity index is 1520. The lowest BCUT2D eigenvalue weighted by Crippen LogP contribution is -2.54. The Hall–Kier alpha value is -3.76. The van der Waals surface area contributed by atoms with Crippen molar-refractivity contribution in [2.45, 2.75) is 52.2 Å². The topological polar surface area (TPSA) is 105 Å². The number of nitrogens with zero attached hydrogens (tertiary/aromatic N) is 2. The first kappa shape index (κ1) is 32.2. The molecule has 2 amide bonds. The smallest absolute Gasteiger partial charge is 0.244 e. The van der Waals surface area contributed by atoms with Crippen LogP contribution in [0.2, 0.25) is 5.02 Å². The van der Waals surface area contributed by atoms with Crippen LogP contribution in [0.1, 0.15) is 38.3 Å². The molecule has 2 atom stereocenters. The van der Waals surface area contributed by atoms with Crippen molar-refractivity contribution >= 4 is 39.1 Å². The Morgan fingerprint density at radius 1 is 0.930 bits per heavy atom. The van der Waals surface area contributed by atoms with Crippen molar-refractivity contribution in [1.29, 1.82) is 0 Å². The molecular weight excluding hydrogens is 590 g/mol. The van der Waals surface area contributed by atoms with Gasteiger partial charge in [-0.25, -0.2) is 8.42 Å². The third kappa shape index (κ3) is 8.42. The van der Waals surface area contributed by atoms with Crippen LogP contribution in [0.4, 0.5) is 5.69 Å². The van der Waals surface area contributed by atoms with Gasteiger partial charge in [0.05, 0.1) is 11.4 Å². The molecule has 0 saturated heterocycles. The largest absolute Gasteiger partial charge is 0.486 e. The summed E-state index contributed by atoms with van der Waals surface area (Å²) in [5.74, 6) is -0.184. The summed E-state index contributed by atoms with van der Waals surface area (Å²) in [6, 6.07) is 20.2. The molecular formula is C32H38ClN3O6S. The van der Waals surface area contributed by atoms with E-state index in [4.69, 9.17) is 21.1 Å². The molecule has 1 aliphatic heterocycles. The maximum absolute atomic E-state index is 14.3. The highest BCUT2D eigenvalue weighted by Crippen LogP contribution is 2.35. The second kappa shape index (κ2) is 14.6. The van der Waals surface area contributed by atoms with E-state index in [1.165, 1.54) is 11.8 Å². The van der Waals surface area contributed by atoms with Crippen molar-refractivity contribution in [3.05, 3.63) is 88.9 Å². The van der Waals surface area contributed by atoms with Crippen LogP contribution in [0.5, 0.6) is 11.5 Å². The summed E-state index contributed by atoms with van der Waals surface area (Å²) in [6.07, 6.45) is 0.943. The minimum atomic E-state index is -3.91. The lowest BCUT2D eigenvalue weighted by Gasteiger charge is -2.34. The first-order chi connectivity index (χ1) is 20.6. The van der Waals surface area contributed by atoms with Crippen LogP contribution in [0.15, 0.2) is 72.8 Å². The summed E-state index contributed by atoms with van der Waals surface area (Å²) in [5.41, 5.74) is 1.84. The van der Waals surface area contributed by atoms with Gasteiger partial charge < -0.3 is 19.7 Å². The first-order valence-corrected chi connectivity index (χ1v) is 16.4. The molecule has 3 aromatic rings. The van der Waals surface area contributed by atoms with E-state index in [-0.39, 0.29) is 36.4 Å². The molecule has 0 unspecified atom stereocenters. The molecule has 0 bridgehead atoms. The fraction of sp³-hybridized carbons (Fsp3) is 0.375.